The lowest BCUT2D eigenvalue weighted by Gasteiger charge is -2.21. The van der Waals surface area contributed by atoms with Gasteiger partial charge in [-0.1, -0.05) is 6.07 Å². The Morgan fingerprint density at radius 1 is 1.40 bits per heavy atom. The number of carbonyl (C=O) groups is 2. The summed E-state index contributed by atoms with van der Waals surface area (Å²) >= 11 is 0. The van der Waals surface area contributed by atoms with Gasteiger partial charge in [0.25, 0.3) is 0 Å². The number of primary amides is 1. The first kappa shape index (κ1) is 14.5. The van der Waals surface area contributed by atoms with E-state index in [0.29, 0.717) is 18.0 Å². The number of carboxylic acids is 1. The second-order valence-corrected chi connectivity index (χ2v) is 5.51. The first-order chi connectivity index (χ1) is 9.45. The Morgan fingerprint density at radius 2 is 2.10 bits per heavy atom. The van der Waals surface area contributed by atoms with Gasteiger partial charge in [-0.15, -0.1) is 0 Å². The summed E-state index contributed by atoms with van der Waals surface area (Å²) in [5.74, 6) is -0.614. The molecule has 0 heterocycles. The van der Waals surface area contributed by atoms with Gasteiger partial charge in [-0.05, 0) is 48.9 Å². The van der Waals surface area contributed by atoms with Crippen molar-refractivity contribution < 1.29 is 14.7 Å². The van der Waals surface area contributed by atoms with E-state index < -0.39 is 11.9 Å². The molecule has 0 aromatic heterocycles. The second kappa shape index (κ2) is 6.05. The lowest BCUT2D eigenvalue weighted by Crippen LogP contribution is -2.31. The standard InChI is InChI=1S/C15H20N2O3/c1-10-6-12(15(16)20)4-5-13(10)8-17(9-14(18)19)7-11-2-3-11/h4-6,11H,2-3,7-9H2,1H3,(H2,16,20)(H,18,19). The third-order valence-corrected chi connectivity index (χ3v) is 3.59. The van der Waals surface area contributed by atoms with Gasteiger partial charge >= 0.3 is 5.97 Å². The number of hydrogen-bond acceptors (Lipinski definition) is 3. The Bertz CT molecular complexity index is 524. The first-order valence-electron chi connectivity index (χ1n) is 6.79. The molecule has 108 valence electrons. The van der Waals surface area contributed by atoms with E-state index >= 15 is 0 Å². The van der Waals surface area contributed by atoms with Gasteiger partial charge in [-0.25, -0.2) is 0 Å². The van der Waals surface area contributed by atoms with Crippen molar-refractivity contribution in [1.29, 1.82) is 0 Å². The monoisotopic (exact) mass is 276 g/mol. The van der Waals surface area contributed by atoms with Gasteiger partial charge in [0, 0.05) is 18.7 Å². The summed E-state index contributed by atoms with van der Waals surface area (Å²) in [5.41, 5.74) is 7.74. The summed E-state index contributed by atoms with van der Waals surface area (Å²) in [6, 6.07) is 5.31. The number of aryl methyl sites for hydroxylation is 1. The lowest BCUT2D eigenvalue weighted by molar-refractivity contribution is -0.138. The molecule has 1 aromatic carbocycles. The van der Waals surface area contributed by atoms with Crippen molar-refractivity contribution in [1.82, 2.24) is 4.90 Å². The van der Waals surface area contributed by atoms with Crippen LogP contribution in [0.25, 0.3) is 0 Å². The van der Waals surface area contributed by atoms with Crippen LogP contribution in [0.15, 0.2) is 18.2 Å². The number of benzene rings is 1. The summed E-state index contributed by atoms with van der Waals surface area (Å²) in [4.78, 5) is 24.0. The molecule has 1 aliphatic rings. The minimum atomic E-state index is -0.808. The zero-order valence-electron chi connectivity index (χ0n) is 11.6. The molecular formula is C15H20N2O3. The van der Waals surface area contributed by atoms with E-state index in [-0.39, 0.29) is 6.54 Å². The number of hydrogen-bond donors (Lipinski definition) is 2. The molecule has 5 nitrogen and oxygen atoms in total. The van der Waals surface area contributed by atoms with E-state index in [2.05, 4.69) is 0 Å². The van der Waals surface area contributed by atoms with Gasteiger partial charge in [0.15, 0.2) is 0 Å². The highest BCUT2D eigenvalue weighted by molar-refractivity contribution is 5.93. The number of carbonyl (C=O) groups excluding carboxylic acids is 1. The normalized spacial score (nSPS) is 14.5. The molecule has 0 atom stereocenters. The quantitative estimate of drug-likeness (QED) is 0.788. The van der Waals surface area contributed by atoms with Gasteiger partial charge in [0.1, 0.15) is 0 Å². The molecule has 1 fully saturated rings. The van der Waals surface area contributed by atoms with E-state index in [1.165, 1.54) is 12.8 Å². The van der Waals surface area contributed by atoms with Crippen molar-refractivity contribution in [2.75, 3.05) is 13.1 Å². The fourth-order valence-electron chi connectivity index (χ4n) is 2.31. The summed E-state index contributed by atoms with van der Waals surface area (Å²) < 4.78 is 0. The van der Waals surface area contributed by atoms with Crippen LogP contribution in [-0.4, -0.2) is 35.0 Å². The van der Waals surface area contributed by atoms with Crippen LogP contribution in [0.3, 0.4) is 0 Å². The molecule has 1 aliphatic carbocycles. The average molecular weight is 276 g/mol. The van der Waals surface area contributed by atoms with E-state index in [4.69, 9.17) is 10.8 Å². The van der Waals surface area contributed by atoms with E-state index in [0.717, 1.165) is 17.7 Å². The van der Waals surface area contributed by atoms with Crippen molar-refractivity contribution in [2.24, 2.45) is 11.7 Å². The van der Waals surface area contributed by atoms with Crippen LogP contribution < -0.4 is 5.73 Å². The molecule has 0 saturated heterocycles. The molecule has 0 radical (unpaired) electrons. The molecule has 0 unspecified atom stereocenters. The fourth-order valence-corrected chi connectivity index (χ4v) is 2.31. The molecule has 1 aromatic rings. The van der Waals surface area contributed by atoms with Crippen LogP contribution >= 0.6 is 0 Å². The number of nitrogens with zero attached hydrogens (tertiary/aromatic N) is 1. The molecule has 5 heteroatoms. The predicted molar refractivity (Wildman–Crippen MR) is 75.3 cm³/mol. The van der Waals surface area contributed by atoms with Gasteiger partial charge in [-0.2, -0.15) is 0 Å². The number of aliphatic carboxylic acids is 1. The molecule has 0 bridgehead atoms. The van der Waals surface area contributed by atoms with Crippen molar-refractivity contribution in [2.45, 2.75) is 26.3 Å². The predicted octanol–water partition coefficient (Wildman–Crippen LogP) is 1.39. The summed E-state index contributed by atoms with van der Waals surface area (Å²) in [6.07, 6.45) is 2.38. The molecular weight excluding hydrogens is 256 g/mol. The lowest BCUT2D eigenvalue weighted by atomic mass is 10.0. The van der Waals surface area contributed by atoms with Crippen LogP contribution in [0, 0.1) is 12.8 Å². The smallest absolute Gasteiger partial charge is 0.317 e. The van der Waals surface area contributed by atoms with Gasteiger partial charge in [-0.3, -0.25) is 14.5 Å². The van der Waals surface area contributed by atoms with Crippen LogP contribution in [0.1, 0.15) is 34.3 Å². The zero-order chi connectivity index (χ0) is 14.7. The largest absolute Gasteiger partial charge is 0.480 e. The van der Waals surface area contributed by atoms with E-state index in [1.54, 1.807) is 12.1 Å². The van der Waals surface area contributed by atoms with Crippen molar-refractivity contribution in [3.8, 4) is 0 Å². The Labute approximate surface area is 118 Å². The zero-order valence-corrected chi connectivity index (χ0v) is 11.6. The highest BCUT2D eigenvalue weighted by Gasteiger charge is 2.25. The second-order valence-electron chi connectivity index (χ2n) is 5.51. The van der Waals surface area contributed by atoms with Crippen LogP contribution in [0.4, 0.5) is 0 Å². The number of nitrogens with two attached hydrogens (primary N) is 1. The number of amides is 1. The molecule has 1 saturated carbocycles. The Balaban J connectivity index is 2.08. The van der Waals surface area contributed by atoms with Crippen molar-refractivity contribution in [3.63, 3.8) is 0 Å². The fraction of sp³-hybridized carbons (Fsp3) is 0.467. The van der Waals surface area contributed by atoms with Crippen LogP contribution in [0.5, 0.6) is 0 Å². The van der Waals surface area contributed by atoms with Crippen molar-refractivity contribution >= 4 is 11.9 Å². The van der Waals surface area contributed by atoms with Gasteiger partial charge in [0.05, 0.1) is 6.54 Å². The maximum atomic E-state index is 11.1. The van der Waals surface area contributed by atoms with Gasteiger partial charge in [0.2, 0.25) is 5.91 Å². The minimum absolute atomic E-state index is 0.0491. The summed E-state index contributed by atoms with van der Waals surface area (Å²) in [7, 11) is 0. The number of carboxylic acid groups (broad SMARTS) is 1. The highest BCUT2D eigenvalue weighted by atomic mass is 16.4. The summed E-state index contributed by atoms with van der Waals surface area (Å²) in [6.45, 7) is 3.38. The molecule has 20 heavy (non-hydrogen) atoms. The Morgan fingerprint density at radius 3 is 2.60 bits per heavy atom. The third-order valence-electron chi connectivity index (χ3n) is 3.59. The average Bonchev–Trinajstić information content (AvgIpc) is 3.14. The van der Waals surface area contributed by atoms with E-state index in [9.17, 15) is 9.59 Å². The van der Waals surface area contributed by atoms with Crippen LogP contribution in [0.2, 0.25) is 0 Å². The molecule has 1 amide bonds. The van der Waals surface area contributed by atoms with Crippen LogP contribution in [-0.2, 0) is 11.3 Å². The van der Waals surface area contributed by atoms with Crippen molar-refractivity contribution in [3.05, 3.63) is 34.9 Å². The Hall–Kier alpha value is -1.88. The third kappa shape index (κ3) is 4.06. The SMILES string of the molecule is Cc1cc(C(N)=O)ccc1CN(CC(=O)O)CC1CC1. The topological polar surface area (TPSA) is 83.6 Å². The maximum absolute atomic E-state index is 11.1. The molecule has 0 spiro atoms. The Kier molecular flexibility index (Phi) is 4.39. The number of rotatable bonds is 7. The highest BCUT2D eigenvalue weighted by Crippen LogP contribution is 2.30. The first-order valence-corrected chi connectivity index (χ1v) is 6.79. The minimum Gasteiger partial charge on any atom is -0.480 e. The molecule has 3 N–H and O–H groups in total. The molecule has 2 rings (SSSR count). The maximum Gasteiger partial charge on any atom is 0.317 e. The van der Waals surface area contributed by atoms with E-state index in [1.807, 2.05) is 17.9 Å². The molecule has 0 aliphatic heterocycles. The van der Waals surface area contributed by atoms with Gasteiger partial charge < -0.3 is 10.8 Å². The summed E-state index contributed by atoms with van der Waals surface area (Å²) in [5, 5.41) is 8.98.